The fraction of sp³-hybridized carbons (Fsp3) is 0.235. The molecule has 0 atom stereocenters. The summed E-state index contributed by atoms with van der Waals surface area (Å²) in [6, 6.07) is 3.01. The highest BCUT2D eigenvalue weighted by molar-refractivity contribution is 6.15. The normalized spacial score (nSPS) is 16.6. The van der Waals surface area contributed by atoms with E-state index in [1.807, 2.05) is 0 Å². The molecule has 3 rings (SSSR count). The Hall–Kier alpha value is -3.30. The van der Waals surface area contributed by atoms with E-state index in [-0.39, 0.29) is 5.69 Å². The Labute approximate surface area is 151 Å². The zero-order chi connectivity index (χ0) is 19.8. The maximum Gasteiger partial charge on any atom is 0.416 e. The number of ether oxygens (including phenoxy) is 2. The van der Waals surface area contributed by atoms with Gasteiger partial charge in [-0.3, -0.25) is 0 Å². The van der Waals surface area contributed by atoms with Crippen LogP contribution < -0.4 is 5.32 Å². The number of carbonyl (C=O) groups is 2. The third kappa shape index (κ3) is 3.94. The van der Waals surface area contributed by atoms with Gasteiger partial charge in [-0.05, 0) is 18.2 Å². The first-order chi connectivity index (χ1) is 12.6. The number of imidazole rings is 1. The Kier molecular flexibility index (Phi) is 4.42. The molecule has 0 amide bonds. The minimum atomic E-state index is -4.57. The number of hydrogen-bond acceptors (Lipinski definition) is 6. The Bertz CT molecular complexity index is 896. The molecule has 2 heterocycles. The number of nitrogens with zero attached hydrogens (tertiary/aromatic N) is 2. The number of alkyl halides is 3. The number of aromatic nitrogens is 2. The smallest absolute Gasteiger partial charge is 0.416 e. The van der Waals surface area contributed by atoms with Crippen LogP contribution in [0, 0.1) is 0 Å². The minimum Gasteiger partial charge on any atom is -0.419 e. The van der Waals surface area contributed by atoms with Gasteiger partial charge >= 0.3 is 18.1 Å². The van der Waals surface area contributed by atoms with Gasteiger partial charge in [0.25, 0.3) is 5.79 Å². The van der Waals surface area contributed by atoms with Crippen molar-refractivity contribution in [3.8, 4) is 5.69 Å². The van der Waals surface area contributed by atoms with Crippen molar-refractivity contribution in [2.75, 3.05) is 5.32 Å². The topological polar surface area (TPSA) is 82.5 Å². The number of benzene rings is 1. The molecule has 10 heteroatoms. The van der Waals surface area contributed by atoms with E-state index in [0.29, 0.717) is 5.69 Å². The van der Waals surface area contributed by atoms with Crippen LogP contribution in [0.25, 0.3) is 5.69 Å². The molecule has 0 unspecified atom stereocenters. The van der Waals surface area contributed by atoms with Crippen molar-refractivity contribution in [3.05, 3.63) is 54.3 Å². The first kappa shape index (κ1) is 18.5. The molecular formula is C17H14F3N3O4. The standard InChI is InChI=1S/C17H14F3N3O4/c1-16(2)26-14(24)11(15(25)27-16)8-22-12-7-10(17(18,19)20)3-4-13(12)23-6-5-21-9-23/h3-9,22H,1-2H3. The number of anilines is 1. The third-order valence-corrected chi connectivity index (χ3v) is 3.60. The van der Waals surface area contributed by atoms with Crippen molar-refractivity contribution in [1.29, 1.82) is 0 Å². The van der Waals surface area contributed by atoms with Crippen molar-refractivity contribution in [2.45, 2.75) is 25.8 Å². The van der Waals surface area contributed by atoms with Crippen LogP contribution in [0.3, 0.4) is 0 Å². The SMILES string of the molecule is CC1(C)OC(=O)C(=CNc2cc(C(F)(F)F)ccc2-n2ccnc2)C(=O)O1. The average Bonchev–Trinajstić information content (AvgIpc) is 3.06. The average molecular weight is 381 g/mol. The van der Waals surface area contributed by atoms with Crippen molar-refractivity contribution in [3.63, 3.8) is 0 Å². The molecule has 0 spiro atoms. The summed E-state index contributed by atoms with van der Waals surface area (Å²) in [5, 5.41) is 2.56. The van der Waals surface area contributed by atoms with Gasteiger partial charge in [-0.25, -0.2) is 14.6 Å². The molecule has 7 nitrogen and oxygen atoms in total. The van der Waals surface area contributed by atoms with E-state index < -0.39 is 35.0 Å². The summed E-state index contributed by atoms with van der Waals surface area (Å²) >= 11 is 0. The van der Waals surface area contributed by atoms with E-state index in [1.54, 1.807) is 0 Å². The second-order valence-corrected chi connectivity index (χ2v) is 6.08. The van der Waals surface area contributed by atoms with Gasteiger partial charge < -0.3 is 19.4 Å². The first-order valence-corrected chi connectivity index (χ1v) is 7.70. The molecule has 0 bridgehead atoms. The maximum atomic E-state index is 13.0. The number of cyclic esters (lactones) is 2. The van der Waals surface area contributed by atoms with Crippen LogP contribution in [-0.4, -0.2) is 27.3 Å². The van der Waals surface area contributed by atoms with E-state index in [1.165, 1.54) is 43.2 Å². The van der Waals surface area contributed by atoms with Crippen molar-refractivity contribution in [2.24, 2.45) is 0 Å². The molecule has 2 aromatic rings. The number of halogens is 3. The number of rotatable bonds is 3. The van der Waals surface area contributed by atoms with Crippen molar-refractivity contribution < 1.29 is 32.2 Å². The molecule has 1 saturated heterocycles. The molecular weight excluding hydrogens is 367 g/mol. The summed E-state index contributed by atoms with van der Waals surface area (Å²) in [4.78, 5) is 27.8. The highest BCUT2D eigenvalue weighted by Gasteiger charge is 2.39. The highest BCUT2D eigenvalue weighted by atomic mass is 19.4. The molecule has 0 aliphatic carbocycles. The van der Waals surface area contributed by atoms with Crippen LogP contribution in [-0.2, 0) is 25.2 Å². The first-order valence-electron chi connectivity index (χ1n) is 7.70. The van der Waals surface area contributed by atoms with E-state index in [4.69, 9.17) is 9.47 Å². The molecule has 142 valence electrons. The van der Waals surface area contributed by atoms with E-state index in [0.717, 1.165) is 18.3 Å². The summed E-state index contributed by atoms with van der Waals surface area (Å²) in [5.74, 6) is -3.30. The van der Waals surface area contributed by atoms with Gasteiger partial charge in [-0.2, -0.15) is 13.2 Å². The molecule has 1 aromatic heterocycles. The van der Waals surface area contributed by atoms with Crippen LogP contribution in [0.4, 0.5) is 18.9 Å². The summed E-state index contributed by atoms with van der Waals surface area (Å²) in [6.07, 6.45) is 0.774. The second-order valence-electron chi connectivity index (χ2n) is 6.08. The lowest BCUT2D eigenvalue weighted by molar-refractivity contribution is -0.222. The van der Waals surface area contributed by atoms with E-state index in [9.17, 15) is 22.8 Å². The van der Waals surface area contributed by atoms with Crippen LogP contribution in [0.5, 0.6) is 0 Å². The van der Waals surface area contributed by atoms with Gasteiger partial charge in [0.1, 0.15) is 0 Å². The van der Waals surface area contributed by atoms with Gasteiger partial charge in [0.15, 0.2) is 5.57 Å². The monoisotopic (exact) mass is 381 g/mol. The quantitative estimate of drug-likeness (QED) is 0.500. The van der Waals surface area contributed by atoms with Crippen LogP contribution in [0.15, 0.2) is 48.7 Å². The molecule has 1 aromatic carbocycles. The zero-order valence-corrected chi connectivity index (χ0v) is 14.2. The van der Waals surface area contributed by atoms with Gasteiger partial charge in [-0.15, -0.1) is 0 Å². The fourth-order valence-corrected chi connectivity index (χ4v) is 2.38. The number of hydrogen-bond donors (Lipinski definition) is 1. The lowest BCUT2D eigenvalue weighted by atomic mass is 10.1. The predicted molar refractivity (Wildman–Crippen MR) is 86.5 cm³/mol. The van der Waals surface area contributed by atoms with Crippen molar-refractivity contribution >= 4 is 17.6 Å². The summed E-state index contributed by atoms with van der Waals surface area (Å²) in [5.41, 5.74) is -1.04. The van der Waals surface area contributed by atoms with E-state index in [2.05, 4.69) is 10.3 Å². The molecule has 27 heavy (non-hydrogen) atoms. The van der Waals surface area contributed by atoms with Crippen molar-refractivity contribution in [1.82, 2.24) is 9.55 Å². The van der Waals surface area contributed by atoms with Crippen LogP contribution in [0.2, 0.25) is 0 Å². The summed E-state index contributed by atoms with van der Waals surface area (Å²) in [6.45, 7) is 2.77. The lowest BCUT2D eigenvalue weighted by Gasteiger charge is -2.29. The molecule has 1 N–H and O–H groups in total. The predicted octanol–water partition coefficient (Wildman–Crippen LogP) is 3.02. The van der Waals surface area contributed by atoms with Gasteiger partial charge in [-0.1, -0.05) is 0 Å². The van der Waals surface area contributed by atoms with Crippen LogP contribution in [0.1, 0.15) is 19.4 Å². The largest absolute Gasteiger partial charge is 0.419 e. The second kappa shape index (κ2) is 6.45. The molecule has 0 radical (unpaired) electrons. The molecule has 1 aliphatic heterocycles. The fourth-order valence-electron chi connectivity index (χ4n) is 2.38. The summed E-state index contributed by atoms with van der Waals surface area (Å²) < 4.78 is 50.5. The third-order valence-electron chi connectivity index (χ3n) is 3.60. The molecule has 1 aliphatic rings. The van der Waals surface area contributed by atoms with Crippen LogP contribution >= 0.6 is 0 Å². The summed E-state index contributed by atoms with van der Waals surface area (Å²) in [7, 11) is 0. The van der Waals surface area contributed by atoms with Gasteiger partial charge in [0.2, 0.25) is 0 Å². The Balaban J connectivity index is 1.98. The molecule has 0 saturated carbocycles. The minimum absolute atomic E-state index is 0.000702. The zero-order valence-electron chi connectivity index (χ0n) is 14.2. The Morgan fingerprint density at radius 3 is 2.41 bits per heavy atom. The molecule has 1 fully saturated rings. The number of nitrogens with one attached hydrogen (secondary N) is 1. The van der Waals surface area contributed by atoms with Gasteiger partial charge in [0.05, 0.1) is 23.3 Å². The lowest BCUT2D eigenvalue weighted by Crippen LogP contribution is -2.42. The highest BCUT2D eigenvalue weighted by Crippen LogP contribution is 2.33. The number of carbonyl (C=O) groups excluding carboxylic acids is 2. The Morgan fingerprint density at radius 2 is 1.85 bits per heavy atom. The number of esters is 2. The van der Waals surface area contributed by atoms with Gasteiger partial charge in [0, 0.05) is 32.4 Å². The Morgan fingerprint density at radius 1 is 1.19 bits per heavy atom. The van der Waals surface area contributed by atoms with E-state index >= 15 is 0 Å². The maximum absolute atomic E-state index is 13.0.